The monoisotopic (exact) mass is 704 g/mol. The number of nitrogens with zero attached hydrogens (tertiary/aromatic N) is 3. The molecule has 3 aromatic rings. The molecular formula is C33H39F3N6O8. The standard InChI is InChI=1S/C33H39F3N6O8/c1-18(2)23-15-42(29(44)13-20-8-6-7-9-22(20)33(34,35)36)16-27(43)38-19(3)30(32(46)37-14-28-40-26(17-47-4)41-50-28)49-25-12-21(31(45)39-23)10-11-24(25)48-5/h6-12,18-19,23,30H,13-17H2,1-5H3,(H,37,46)(H,38,43)(H,39,45)/t19-,23+,30+/m0/s1. The molecule has 0 radical (unpaired) electrons. The molecule has 4 rings (SSSR count). The highest BCUT2D eigenvalue weighted by Crippen LogP contribution is 2.33. The molecule has 1 aromatic heterocycles. The van der Waals surface area contributed by atoms with Gasteiger partial charge in [0, 0.05) is 25.3 Å². The average molecular weight is 705 g/mol. The molecule has 0 spiro atoms. The molecule has 0 fully saturated rings. The molecular weight excluding hydrogens is 665 g/mol. The number of nitrogens with one attached hydrogen (secondary N) is 3. The van der Waals surface area contributed by atoms with Crippen molar-refractivity contribution in [1.82, 2.24) is 31.0 Å². The minimum atomic E-state index is -4.71. The summed E-state index contributed by atoms with van der Waals surface area (Å²) in [6.45, 7) is 4.16. The van der Waals surface area contributed by atoms with Crippen molar-refractivity contribution in [2.45, 2.75) is 64.7 Å². The Morgan fingerprint density at radius 1 is 1.12 bits per heavy atom. The summed E-state index contributed by atoms with van der Waals surface area (Å²) in [5.41, 5.74) is -1.11. The lowest BCUT2D eigenvalue weighted by Gasteiger charge is -2.32. The molecule has 1 aliphatic rings. The van der Waals surface area contributed by atoms with Gasteiger partial charge < -0.3 is 39.6 Å². The Hall–Kier alpha value is -5.19. The van der Waals surface area contributed by atoms with Crippen molar-refractivity contribution >= 4 is 23.6 Å². The second kappa shape index (κ2) is 16.5. The summed E-state index contributed by atoms with van der Waals surface area (Å²) in [5, 5.41) is 11.9. The Bertz CT molecular complexity index is 1680. The predicted octanol–water partition coefficient (Wildman–Crippen LogP) is 2.65. The van der Waals surface area contributed by atoms with Crippen molar-refractivity contribution in [3.8, 4) is 11.5 Å². The minimum absolute atomic E-state index is 0.0276. The Morgan fingerprint density at radius 2 is 1.86 bits per heavy atom. The number of aromatic nitrogens is 2. The maximum Gasteiger partial charge on any atom is 0.416 e. The summed E-state index contributed by atoms with van der Waals surface area (Å²) in [5.74, 6) is -2.51. The van der Waals surface area contributed by atoms with Crippen molar-refractivity contribution in [3.05, 3.63) is 70.9 Å². The van der Waals surface area contributed by atoms with Crippen LogP contribution in [0.1, 0.15) is 54.0 Å². The highest BCUT2D eigenvalue weighted by Gasteiger charge is 2.35. The van der Waals surface area contributed by atoms with E-state index in [9.17, 15) is 32.3 Å². The van der Waals surface area contributed by atoms with E-state index in [0.717, 1.165) is 11.0 Å². The first-order chi connectivity index (χ1) is 23.7. The Balaban J connectivity index is 1.67. The van der Waals surface area contributed by atoms with Gasteiger partial charge in [0.2, 0.25) is 17.7 Å². The summed E-state index contributed by atoms with van der Waals surface area (Å²) >= 11 is 0. The van der Waals surface area contributed by atoms with Crippen molar-refractivity contribution in [1.29, 1.82) is 0 Å². The molecule has 3 atom stereocenters. The van der Waals surface area contributed by atoms with Crippen LogP contribution < -0.4 is 25.4 Å². The molecule has 3 N–H and O–H groups in total. The number of halogens is 3. The number of carbonyl (C=O) groups is 4. The fourth-order valence-electron chi connectivity index (χ4n) is 5.18. The molecule has 14 nitrogen and oxygen atoms in total. The van der Waals surface area contributed by atoms with E-state index < -0.39 is 66.5 Å². The molecule has 50 heavy (non-hydrogen) atoms. The van der Waals surface area contributed by atoms with Gasteiger partial charge in [0.25, 0.3) is 11.8 Å². The third-order valence-corrected chi connectivity index (χ3v) is 7.87. The van der Waals surface area contributed by atoms with Gasteiger partial charge in [-0.3, -0.25) is 19.2 Å². The van der Waals surface area contributed by atoms with Gasteiger partial charge in [0.05, 0.1) is 38.2 Å². The minimum Gasteiger partial charge on any atom is -0.493 e. The van der Waals surface area contributed by atoms with Gasteiger partial charge in [-0.05, 0) is 42.7 Å². The highest BCUT2D eigenvalue weighted by molar-refractivity contribution is 5.95. The van der Waals surface area contributed by atoms with Gasteiger partial charge in [0.1, 0.15) is 6.61 Å². The molecule has 270 valence electrons. The fourth-order valence-corrected chi connectivity index (χ4v) is 5.18. The first-order valence-electron chi connectivity index (χ1n) is 15.7. The number of fused-ring (bicyclic) bond motifs is 2. The van der Waals surface area contributed by atoms with Crippen LogP contribution in [-0.2, 0) is 44.9 Å². The summed E-state index contributed by atoms with van der Waals surface area (Å²) in [6, 6.07) is 7.25. The number of alkyl halides is 3. The quantitative estimate of drug-likeness (QED) is 0.301. The average Bonchev–Trinajstić information content (AvgIpc) is 3.51. The van der Waals surface area contributed by atoms with Crippen molar-refractivity contribution in [3.63, 3.8) is 0 Å². The number of hydrogen-bond donors (Lipinski definition) is 3. The molecule has 4 amide bonds. The molecule has 0 saturated heterocycles. The summed E-state index contributed by atoms with van der Waals surface area (Å²) in [6.07, 6.45) is -6.80. The lowest BCUT2D eigenvalue weighted by molar-refractivity contribution is -0.140. The van der Waals surface area contributed by atoms with Crippen molar-refractivity contribution in [2.24, 2.45) is 5.92 Å². The number of amides is 4. The number of carbonyl (C=O) groups excluding carboxylic acids is 4. The summed E-state index contributed by atoms with van der Waals surface area (Å²) < 4.78 is 62.8. The van der Waals surface area contributed by atoms with Gasteiger partial charge in [0.15, 0.2) is 23.4 Å². The fraction of sp³-hybridized carbons (Fsp3) is 0.455. The number of rotatable bonds is 9. The van der Waals surface area contributed by atoms with E-state index in [1.807, 2.05) is 0 Å². The van der Waals surface area contributed by atoms with Crippen LogP contribution in [0.4, 0.5) is 13.2 Å². The van der Waals surface area contributed by atoms with Crippen LogP contribution in [0.15, 0.2) is 47.0 Å². The Labute approximate surface area is 286 Å². The Kier molecular flexibility index (Phi) is 12.4. The van der Waals surface area contributed by atoms with Crippen molar-refractivity contribution in [2.75, 3.05) is 27.3 Å². The van der Waals surface area contributed by atoms with E-state index in [2.05, 4.69) is 26.1 Å². The van der Waals surface area contributed by atoms with Crippen LogP contribution in [0.25, 0.3) is 0 Å². The van der Waals surface area contributed by atoms with Gasteiger partial charge in [-0.15, -0.1) is 0 Å². The number of ether oxygens (including phenoxy) is 3. The van der Waals surface area contributed by atoms with Crippen LogP contribution in [0.2, 0.25) is 0 Å². The third-order valence-electron chi connectivity index (χ3n) is 7.87. The van der Waals surface area contributed by atoms with Crippen LogP contribution in [0.5, 0.6) is 11.5 Å². The molecule has 17 heteroatoms. The number of hydrogen-bond acceptors (Lipinski definition) is 10. The predicted molar refractivity (Wildman–Crippen MR) is 170 cm³/mol. The number of methoxy groups -OCH3 is 2. The topological polar surface area (TPSA) is 174 Å². The normalized spacial score (nSPS) is 18.8. The molecule has 0 unspecified atom stereocenters. The molecule has 0 aliphatic carbocycles. The molecule has 2 bridgehead atoms. The van der Waals surface area contributed by atoms with E-state index in [0.29, 0.717) is 0 Å². The van der Waals surface area contributed by atoms with Crippen LogP contribution in [0, 0.1) is 5.92 Å². The summed E-state index contributed by atoms with van der Waals surface area (Å²) in [4.78, 5) is 59.4. The maximum atomic E-state index is 13.7. The van der Waals surface area contributed by atoms with E-state index >= 15 is 0 Å². The smallest absolute Gasteiger partial charge is 0.416 e. The molecule has 1 aliphatic heterocycles. The molecule has 0 saturated carbocycles. The zero-order chi connectivity index (χ0) is 36.6. The lowest BCUT2D eigenvalue weighted by Crippen LogP contribution is -2.55. The highest BCUT2D eigenvalue weighted by atomic mass is 19.4. The first kappa shape index (κ1) is 37.6. The van der Waals surface area contributed by atoms with Gasteiger partial charge >= 0.3 is 6.18 Å². The zero-order valence-electron chi connectivity index (χ0n) is 28.1. The third kappa shape index (κ3) is 9.71. The molecule has 2 aromatic carbocycles. The first-order valence-corrected chi connectivity index (χ1v) is 15.7. The van der Waals surface area contributed by atoms with Gasteiger partial charge in [-0.25, -0.2) is 0 Å². The van der Waals surface area contributed by atoms with Gasteiger partial charge in [-0.1, -0.05) is 37.2 Å². The van der Waals surface area contributed by atoms with Crippen LogP contribution >= 0.6 is 0 Å². The van der Waals surface area contributed by atoms with E-state index in [4.69, 9.17) is 18.7 Å². The maximum absolute atomic E-state index is 13.7. The van der Waals surface area contributed by atoms with E-state index in [-0.39, 0.29) is 60.0 Å². The van der Waals surface area contributed by atoms with Crippen LogP contribution in [0.3, 0.4) is 0 Å². The van der Waals surface area contributed by atoms with Crippen LogP contribution in [-0.4, -0.2) is 84.2 Å². The lowest BCUT2D eigenvalue weighted by atomic mass is 10.0. The van der Waals surface area contributed by atoms with Crippen molar-refractivity contribution < 1.29 is 51.1 Å². The Morgan fingerprint density at radius 3 is 2.54 bits per heavy atom. The number of benzene rings is 2. The van der Waals surface area contributed by atoms with Gasteiger partial charge in [-0.2, -0.15) is 18.2 Å². The SMILES string of the molecule is COCc1noc(CNC(=O)[C@@H]2Oc3cc(ccc3OC)C(=O)N[C@@H](C(C)C)CN(C(=O)Cc3ccccc3C(F)(F)F)CC(=O)N[C@H]2C)n1. The second-order valence-corrected chi connectivity index (χ2v) is 11.9. The largest absolute Gasteiger partial charge is 0.493 e. The molecule has 2 heterocycles. The summed E-state index contributed by atoms with van der Waals surface area (Å²) in [7, 11) is 2.83. The second-order valence-electron chi connectivity index (χ2n) is 11.9. The van der Waals surface area contributed by atoms with E-state index in [1.54, 1.807) is 13.8 Å². The zero-order valence-corrected chi connectivity index (χ0v) is 28.1. The van der Waals surface area contributed by atoms with E-state index in [1.165, 1.54) is 57.5 Å².